The highest BCUT2D eigenvalue weighted by molar-refractivity contribution is 5.71. The Morgan fingerprint density at radius 2 is 1.85 bits per heavy atom. The van der Waals surface area contributed by atoms with Crippen LogP contribution in [-0.4, -0.2) is 13.7 Å². The van der Waals surface area contributed by atoms with Gasteiger partial charge in [-0.05, 0) is 30.2 Å². The van der Waals surface area contributed by atoms with Gasteiger partial charge in [-0.3, -0.25) is 0 Å². The second-order valence-electron chi connectivity index (χ2n) is 4.58. The van der Waals surface area contributed by atoms with E-state index < -0.39 is 0 Å². The van der Waals surface area contributed by atoms with Gasteiger partial charge in [0.25, 0.3) is 0 Å². The third kappa shape index (κ3) is 3.11. The summed E-state index contributed by atoms with van der Waals surface area (Å²) >= 11 is 0. The summed E-state index contributed by atoms with van der Waals surface area (Å²) in [6, 6.07) is 14.1. The van der Waals surface area contributed by atoms with E-state index in [1.165, 1.54) is 0 Å². The minimum Gasteiger partial charge on any atom is -0.496 e. The zero-order valence-electron chi connectivity index (χ0n) is 12.1. The molecule has 106 valence electrons. The van der Waals surface area contributed by atoms with Crippen molar-refractivity contribution >= 4 is 0 Å². The number of benzene rings is 2. The molecule has 3 heteroatoms. The maximum absolute atomic E-state index is 5.81. The maximum Gasteiger partial charge on any atom is 0.127 e. The monoisotopic (exact) mass is 271 g/mol. The van der Waals surface area contributed by atoms with E-state index in [2.05, 4.69) is 19.1 Å². The molecule has 2 aromatic rings. The van der Waals surface area contributed by atoms with Gasteiger partial charge in [0.2, 0.25) is 0 Å². The Balaban J connectivity index is 2.40. The summed E-state index contributed by atoms with van der Waals surface area (Å²) < 4.78 is 11.1. The second-order valence-corrected chi connectivity index (χ2v) is 4.58. The van der Waals surface area contributed by atoms with E-state index in [0.717, 1.165) is 41.2 Å². The van der Waals surface area contributed by atoms with Crippen molar-refractivity contribution in [1.82, 2.24) is 0 Å². The van der Waals surface area contributed by atoms with E-state index in [9.17, 15) is 0 Å². The Hall–Kier alpha value is -2.00. The molecule has 0 amide bonds. The number of para-hydroxylation sites is 1. The average molecular weight is 271 g/mol. The SMILES string of the molecule is CCCOc1ccccc1-c1ccc(OC)c(CN)c1. The first-order valence-electron chi connectivity index (χ1n) is 6.89. The van der Waals surface area contributed by atoms with Crippen molar-refractivity contribution in [2.75, 3.05) is 13.7 Å². The molecule has 20 heavy (non-hydrogen) atoms. The third-order valence-electron chi connectivity index (χ3n) is 3.16. The lowest BCUT2D eigenvalue weighted by Crippen LogP contribution is -2.01. The van der Waals surface area contributed by atoms with Crippen LogP contribution in [0.1, 0.15) is 18.9 Å². The summed E-state index contributed by atoms with van der Waals surface area (Å²) in [7, 11) is 1.66. The zero-order chi connectivity index (χ0) is 14.4. The molecule has 0 aromatic heterocycles. The van der Waals surface area contributed by atoms with Crippen molar-refractivity contribution < 1.29 is 9.47 Å². The smallest absolute Gasteiger partial charge is 0.127 e. The number of methoxy groups -OCH3 is 1. The van der Waals surface area contributed by atoms with Crippen molar-refractivity contribution in [3.05, 3.63) is 48.0 Å². The van der Waals surface area contributed by atoms with Crippen LogP contribution < -0.4 is 15.2 Å². The largest absolute Gasteiger partial charge is 0.496 e. The fourth-order valence-corrected chi connectivity index (χ4v) is 2.15. The number of rotatable bonds is 6. The standard InChI is InChI=1S/C17H21NO2/c1-3-10-20-17-7-5-4-6-15(17)13-8-9-16(19-2)14(11-13)12-18/h4-9,11H,3,10,12,18H2,1-2H3. The van der Waals surface area contributed by atoms with Crippen LogP contribution >= 0.6 is 0 Å². The van der Waals surface area contributed by atoms with Crippen LogP contribution in [0.25, 0.3) is 11.1 Å². The highest BCUT2D eigenvalue weighted by Crippen LogP contribution is 2.32. The van der Waals surface area contributed by atoms with Crippen molar-refractivity contribution in [1.29, 1.82) is 0 Å². The fourth-order valence-electron chi connectivity index (χ4n) is 2.15. The molecule has 2 aromatic carbocycles. The number of hydrogen-bond donors (Lipinski definition) is 1. The van der Waals surface area contributed by atoms with Gasteiger partial charge in [-0.15, -0.1) is 0 Å². The molecule has 0 bridgehead atoms. The summed E-state index contributed by atoms with van der Waals surface area (Å²) in [5.74, 6) is 1.73. The molecule has 0 aliphatic rings. The molecule has 0 radical (unpaired) electrons. The summed E-state index contributed by atoms with van der Waals surface area (Å²) in [6.07, 6.45) is 0.991. The van der Waals surface area contributed by atoms with Crippen LogP contribution in [0.4, 0.5) is 0 Å². The van der Waals surface area contributed by atoms with Crippen LogP contribution in [0.5, 0.6) is 11.5 Å². The van der Waals surface area contributed by atoms with Gasteiger partial charge in [0, 0.05) is 17.7 Å². The first-order valence-corrected chi connectivity index (χ1v) is 6.89. The van der Waals surface area contributed by atoms with E-state index in [1.54, 1.807) is 7.11 Å². The molecule has 0 atom stereocenters. The molecular weight excluding hydrogens is 250 g/mol. The molecule has 2 N–H and O–H groups in total. The molecule has 0 saturated carbocycles. The van der Waals surface area contributed by atoms with Gasteiger partial charge in [0.05, 0.1) is 13.7 Å². The Labute approximate surface area is 120 Å². The van der Waals surface area contributed by atoms with E-state index in [1.807, 2.05) is 30.3 Å². The second kappa shape index (κ2) is 6.96. The summed E-state index contributed by atoms with van der Waals surface area (Å²) in [5.41, 5.74) is 8.95. The number of nitrogens with two attached hydrogens (primary N) is 1. The minimum absolute atomic E-state index is 0.453. The van der Waals surface area contributed by atoms with Crippen molar-refractivity contribution in [3.8, 4) is 22.6 Å². The maximum atomic E-state index is 5.81. The lowest BCUT2D eigenvalue weighted by atomic mass is 10.0. The topological polar surface area (TPSA) is 44.5 Å². The average Bonchev–Trinajstić information content (AvgIpc) is 2.52. The van der Waals surface area contributed by atoms with Crippen LogP contribution in [0.3, 0.4) is 0 Å². The quantitative estimate of drug-likeness (QED) is 0.873. The summed E-state index contributed by atoms with van der Waals surface area (Å²) in [5, 5.41) is 0. The van der Waals surface area contributed by atoms with E-state index in [4.69, 9.17) is 15.2 Å². The molecule has 0 aliphatic carbocycles. The van der Waals surface area contributed by atoms with Gasteiger partial charge >= 0.3 is 0 Å². The van der Waals surface area contributed by atoms with Gasteiger partial charge in [0.1, 0.15) is 11.5 Å². The van der Waals surface area contributed by atoms with E-state index >= 15 is 0 Å². The fraction of sp³-hybridized carbons (Fsp3) is 0.294. The summed E-state index contributed by atoms with van der Waals surface area (Å²) in [4.78, 5) is 0. The lowest BCUT2D eigenvalue weighted by molar-refractivity contribution is 0.318. The number of hydrogen-bond acceptors (Lipinski definition) is 3. The van der Waals surface area contributed by atoms with Gasteiger partial charge < -0.3 is 15.2 Å². The minimum atomic E-state index is 0.453. The summed E-state index contributed by atoms with van der Waals surface area (Å²) in [6.45, 7) is 3.27. The zero-order valence-corrected chi connectivity index (χ0v) is 12.1. The van der Waals surface area contributed by atoms with Crippen molar-refractivity contribution in [2.45, 2.75) is 19.9 Å². The first-order chi connectivity index (χ1) is 9.80. The highest BCUT2D eigenvalue weighted by atomic mass is 16.5. The normalized spacial score (nSPS) is 10.3. The molecule has 0 heterocycles. The Kier molecular flexibility index (Phi) is 5.02. The molecule has 0 spiro atoms. The van der Waals surface area contributed by atoms with Gasteiger partial charge in [-0.2, -0.15) is 0 Å². The van der Waals surface area contributed by atoms with Crippen LogP contribution in [0, 0.1) is 0 Å². The van der Waals surface area contributed by atoms with Gasteiger partial charge in [-0.25, -0.2) is 0 Å². The van der Waals surface area contributed by atoms with Crippen molar-refractivity contribution in [2.24, 2.45) is 5.73 Å². The Bertz CT molecular complexity index is 567. The molecular formula is C17H21NO2. The van der Waals surface area contributed by atoms with E-state index in [-0.39, 0.29) is 0 Å². The Morgan fingerprint density at radius 3 is 2.55 bits per heavy atom. The molecule has 0 fully saturated rings. The van der Waals surface area contributed by atoms with Gasteiger partial charge in [-0.1, -0.05) is 31.2 Å². The Morgan fingerprint density at radius 1 is 1.05 bits per heavy atom. The highest BCUT2D eigenvalue weighted by Gasteiger charge is 2.09. The van der Waals surface area contributed by atoms with Crippen LogP contribution in [0.15, 0.2) is 42.5 Å². The first kappa shape index (κ1) is 14.4. The van der Waals surface area contributed by atoms with Crippen LogP contribution in [-0.2, 0) is 6.54 Å². The predicted octanol–water partition coefficient (Wildman–Crippen LogP) is 3.61. The molecule has 2 rings (SSSR count). The predicted molar refractivity (Wildman–Crippen MR) is 82.1 cm³/mol. The van der Waals surface area contributed by atoms with E-state index in [0.29, 0.717) is 6.54 Å². The van der Waals surface area contributed by atoms with Crippen LogP contribution in [0.2, 0.25) is 0 Å². The van der Waals surface area contributed by atoms with Crippen molar-refractivity contribution in [3.63, 3.8) is 0 Å². The molecule has 0 aliphatic heterocycles. The third-order valence-corrected chi connectivity index (χ3v) is 3.16. The molecule has 3 nitrogen and oxygen atoms in total. The molecule has 0 unspecified atom stereocenters. The molecule has 0 saturated heterocycles. The van der Waals surface area contributed by atoms with Gasteiger partial charge in [0.15, 0.2) is 0 Å². The lowest BCUT2D eigenvalue weighted by Gasteiger charge is -2.13. The number of ether oxygens (including phenoxy) is 2.